The number of sulfonamides is 1. The Morgan fingerprint density at radius 2 is 2.00 bits per heavy atom. The summed E-state index contributed by atoms with van der Waals surface area (Å²) >= 11 is 1.34. The molecule has 1 aliphatic heterocycles. The van der Waals surface area contributed by atoms with Crippen LogP contribution in [0.3, 0.4) is 0 Å². The van der Waals surface area contributed by atoms with Crippen LogP contribution < -0.4 is 5.32 Å². The Morgan fingerprint density at radius 1 is 1.33 bits per heavy atom. The fourth-order valence-corrected chi connectivity index (χ4v) is 3.28. The van der Waals surface area contributed by atoms with E-state index in [0.29, 0.717) is 19.6 Å². The van der Waals surface area contributed by atoms with Gasteiger partial charge in [0.1, 0.15) is 10.7 Å². The molecule has 102 valence electrons. The molecule has 2 heterocycles. The second kappa shape index (κ2) is 5.47. The first-order chi connectivity index (χ1) is 8.50. The summed E-state index contributed by atoms with van der Waals surface area (Å²) in [7, 11) is -1.21. The van der Waals surface area contributed by atoms with Gasteiger partial charge < -0.3 is 5.32 Å². The number of hydrogen-bond acceptors (Lipinski definition) is 7. The van der Waals surface area contributed by atoms with Crippen molar-refractivity contribution in [1.29, 1.82) is 0 Å². The molecular formula is C9H17N5O2S2. The SMILES string of the molecule is CNc1snnc1CN1CCN(S(C)(=O)=O)CC1. The Bertz CT molecular complexity index is 493. The van der Waals surface area contributed by atoms with Crippen molar-refractivity contribution in [3.05, 3.63) is 5.69 Å². The van der Waals surface area contributed by atoms with Crippen molar-refractivity contribution in [1.82, 2.24) is 18.8 Å². The highest BCUT2D eigenvalue weighted by Gasteiger charge is 2.24. The van der Waals surface area contributed by atoms with Gasteiger partial charge in [-0.2, -0.15) is 4.31 Å². The van der Waals surface area contributed by atoms with Crippen molar-refractivity contribution in [2.45, 2.75) is 6.54 Å². The molecule has 1 aromatic rings. The monoisotopic (exact) mass is 291 g/mol. The Balaban J connectivity index is 1.91. The molecule has 0 bridgehead atoms. The fraction of sp³-hybridized carbons (Fsp3) is 0.778. The molecule has 1 N–H and O–H groups in total. The second-order valence-corrected chi connectivity index (χ2v) is 6.97. The van der Waals surface area contributed by atoms with Gasteiger partial charge >= 0.3 is 0 Å². The van der Waals surface area contributed by atoms with Crippen molar-refractivity contribution in [2.75, 3.05) is 44.8 Å². The molecule has 0 amide bonds. The lowest BCUT2D eigenvalue weighted by Crippen LogP contribution is -2.47. The van der Waals surface area contributed by atoms with Crippen LogP contribution in [0.4, 0.5) is 5.00 Å². The van der Waals surface area contributed by atoms with Gasteiger partial charge in [-0.05, 0) is 0 Å². The third-order valence-electron chi connectivity index (χ3n) is 2.96. The summed E-state index contributed by atoms with van der Waals surface area (Å²) in [6, 6.07) is 0. The molecule has 1 aromatic heterocycles. The van der Waals surface area contributed by atoms with E-state index in [1.54, 1.807) is 0 Å². The summed E-state index contributed by atoms with van der Waals surface area (Å²) in [6.45, 7) is 3.27. The van der Waals surface area contributed by atoms with Crippen LogP contribution in [0.2, 0.25) is 0 Å². The zero-order valence-corrected chi connectivity index (χ0v) is 12.1. The van der Waals surface area contributed by atoms with Gasteiger partial charge in [-0.25, -0.2) is 8.42 Å². The molecular weight excluding hydrogens is 274 g/mol. The lowest BCUT2D eigenvalue weighted by molar-refractivity contribution is 0.180. The summed E-state index contributed by atoms with van der Waals surface area (Å²) < 4.78 is 28.2. The van der Waals surface area contributed by atoms with Crippen LogP contribution in [0.25, 0.3) is 0 Å². The standard InChI is InChI=1S/C9H17N5O2S2/c1-10-9-8(11-12-17-9)7-13-3-5-14(6-4-13)18(2,15)16/h10H,3-7H2,1-2H3. The zero-order valence-electron chi connectivity index (χ0n) is 10.5. The normalized spacial score (nSPS) is 19.0. The molecule has 0 aromatic carbocycles. The van der Waals surface area contributed by atoms with Gasteiger partial charge in [-0.1, -0.05) is 4.49 Å². The van der Waals surface area contributed by atoms with E-state index in [2.05, 4.69) is 19.8 Å². The van der Waals surface area contributed by atoms with Crippen molar-refractivity contribution in [3.8, 4) is 0 Å². The van der Waals surface area contributed by atoms with Crippen LogP contribution in [0.5, 0.6) is 0 Å². The highest BCUT2D eigenvalue weighted by molar-refractivity contribution is 7.88. The molecule has 0 unspecified atom stereocenters. The number of piperazine rings is 1. The minimum Gasteiger partial charge on any atom is -0.377 e. The summed E-state index contributed by atoms with van der Waals surface area (Å²) in [6.07, 6.45) is 1.26. The number of nitrogens with one attached hydrogen (secondary N) is 1. The van der Waals surface area contributed by atoms with E-state index in [1.165, 1.54) is 22.1 Å². The molecule has 0 saturated carbocycles. The zero-order chi connectivity index (χ0) is 13.2. The minimum absolute atomic E-state index is 0.547. The van der Waals surface area contributed by atoms with Gasteiger partial charge in [0.15, 0.2) is 0 Å². The van der Waals surface area contributed by atoms with Crippen molar-refractivity contribution in [2.24, 2.45) is 0 Å². The maximum absolute atomic E-state index is 11.4. The molecule has 1 aliphatic rings. The van der Waals surface area contributed by atoms with Gasteiger partial charge in [0.05, 0.1) is 6.26 Å². The topological polar surface area (TPSA) is 78.4 Å². The summed E-state index contributed by atoms with van der Waals surface area (Å²) in [5, 5.41) is 8.11. The fourth-order valence-electron chi connectivity index (χ4n) is 1.93. The maximum Gasteiger partial charge on any atom is 0.211 e. The van der Waals surface area contributed by atoms with Crippen LogP contribution in [0, 0.1) is 0 Å². The maximum atomic E-state index is 11.4. The van der Waals surface area contributed by atoms with Crippen LogP contribution in [0.1, 0.15) is 5.69 Å². The molecule has 7 nitrogen and oxygen atoms in total. The van der Waals surface area contributed by atoms with E-state index >= 15 is 0 Å². The molecule has 1 fully saturated rings. The predicted octanol–water partition coefficient (Wildman–Crippen LogP) is -0.343. The lowest BCUT2D eigenvalue weighted by Gasteiger charge is -2.32. The molecule has 2 rings (SSSR count). The minimum atomic E-state index is -3.06. The molecule has 0 spiro atoms. The van der Waals surface area contributed by atoms with Crippen molar-refractivity contribution < 1.29 is 8.42 Å². The van der Waals surface area contributed by atoms with Gasteiger partial charge in [-0.3, -0.25) is 4.90 Å². The highest BCUT2D eigenvalue weighted by atomic mass is 32.2. The van der Waals surface area contributed by atoms with E-state index < -0.39 is 10.0 Å². The van der Waals surface area contributed by atoms with E-state index in [1.807, 2.05) is 7.05 Å². The number of rotatable bonds is 4. The number of aromatic nitrogens is 2. The Kier molecular flexibility index (Phi) is 4.15. The first-order valence-corrected chi connectivity index (χ1v) is 8.29. The quantitative estimate of drug-likeness (QED) is 0.817. The van der Waals surface area contributed by atoms with Crippen molar-refractivity contribution >= 4 is 26.6 Å². The van der Waals surface area contributed by atoms with Crippen molar-refractivity contribution in [3.63, 3.8) is 0 Å². The van der Waals surface area contributed by atoms with Gasteiger partial charge in [0.2, 0.25) is 10.0 Å². The van der Waals surface area contributed by atoms with E-state index in [4.69, 9.17) is 0 Å². The number of hydrogen-bond donors (Lipinski definition) is 1. The van der Waals surface area contributed by atoms with Crippen LogP contribution in [-0.2, 0) is 16.6 Å². The van der Waals surface area contributed by atoms with E-state index in [-0.39, 0.29) is 0 Å². The molecule has 18 heavy (non-hydrogen) atoms. The third-order valence-corrected chi connectivity index (χ3v) is 5.05. The molecule has 0 radical (unpaired) electrons. The number of anilines is 1. The van der Waals surface area contributed by atoms with E-state index in [0.717, 1.165) is 23.8 Å². The smallest absolute Gasteiger partial charge is 0.211 e. The highest BCUT2D eigenvalue weighted by Crippen LogP contribution is 2.19. The van der Waals surface area contributed by atoms with Gasteiger partial charge in [0, 0.05) is 51.3 Å². The summed E-state index contributed by atoms with van der Waals surface area (Å²) in [4.78, 5) is 2.19. The Hall–Kier alpha value is -0.770. The number of nitrogens with zero attached hydrogens (tertiary/aromatic N) is 4. The first kappa shape index (κ1) is 13.7. The molecule has 9 heteroatoms. The lowest BCUT2D eigenvalue weighted by atomic mass is 10.3. The van der Waals surface area contributed by atoms with Crippen LogP contribution in [-0.4, -0.2) is 66.7 Å². The largest absolute Gasteiger partial charge is 0.377 e. The molecule has 1 saturated heterocycles. The van der Waals surface area contributed by atoms with Crippen LogP contribution in [0.15, 0.2) is 0 Å². The van der Waals surface area contributed by atoms with Gasteiger partial charge in [0.25, 0.3) is 0 Å². The Morgan fingerprint density at radius 3 is 2.56 bits per heavy atom. The van der Waals surface area contributed by atoms with Crippen LogP contribution >= 0.6 is 11.5 Å². The van der Waals surface area contributed by atoms with Gasteiger partial charge in [-0.15, -0.1) is 5.10 Å². The average Bonchev–Trinajstić information content (AvgIpc) is 2.76. The molecule has 0 atom stereocenters. The summed E-state index contributed by atoms with van der Waals surface area (Å²) in [5.41, 5.74) is 0.926. The van der Waals surface area contributed by atoms with E-state index in [9.17, 15) is 8.42 Å². The summed E-state index contributed by atoms with van der Waals surface area (Å²) in [5.74, 6) is 0. The third kappa shape index (κ3) is 3.16. The molecule has 0 aliphatic carbocycles. The first-order valence-electron chi connectivity index (χ1n) is 5.67. The predicted molar refractivity (Wildman–Crippen MR) is 71.1 cm³/mol. The average molecular weight is 291 g/mol. The Labute approximate surface area is 111 Å². The second-order valence-electron chi connectivity index (χ2n) is 4.24.